The number of nitrogens with zero attached hydrogens (tertiary/aromatic N) is 1. The largest absolute Gasteiger partial charge is 0.416 e. The predicted octanol–water partition coefficient (Wildman–Crippen LogP) is 4.33. The van der Waals surface area contributed by atoms with E-state index >= 15 is 0 Å². The number of nitrogens with one attached hydrogen (secondary N) is 1. The van der Waals surface area contributed by atoms with E-state index in [0.29, 0.717) is 12.2 Å². The van der Waals surface area contributed by atoms with Gasteiger partial charge in [0.15, 0.2) is 0 Å². The van der Waals surface area contributed by atoms with Crippen LogP contribution in [0.3, 0.4) is 0 Å². The first-order chi connectivity index (χ1) is 9.64. The minimum atomic E-state index is -4.38. The number of alkyl halides is 3. The minimum absolute atomic E-state index is 0.104. The SMILES string of the molecule is CCC1(C)CN(c2cc(Cl)cc(C(F)(F)F)c2)C(C)CN1. The third-order valence-electron chi connectivity index (χ3n) is 4.20. The van der Waals surface area contributed by atoms with Gasteiger partial charge in [0, 0.05) is 35.4 Å². The molecule has 0 saturated carbocycles. The van der Waals surface area contributed by atoms with E-state index in [1.54, 1.807) is 6.07 Å². The lowest BCUT2D eigenvalue weighted by molar-refractivity contribution is -0.137. The molecule has 21 heavy (non-hydrogen) atoms. The summed E-state index contributed by atoms with van der Waals surface area (Å²) in [5, 5.41) is 3.57. The van der Waals surface area contributed by atoms with Gasteiger partial charge in [-0.05, 0) is 38.5 Å². The van der Waals surface area contributed by atoms with Crippen molar-refractivity contribution in [3.8, 4) is 0 Å². The Morgan fingerprint density at radius 1 is 1.38 bits per heavy atom. The molecular formula is C15H20ClF3N2. The monoisotopic (exact) mass is 320 g/mol. The molecule has 1 aromatic carbocycles. The number of halogens is 4. The van der Waals surface area contributed by atoms with Crippen molar-refractivity contribution in [2.75, 3.05) is 18.0 Å². The van der Waals surface area contributed by atoms with Crippen LogP contribution in [0.25, 0.3) is 0 Å². The second-order valence-corrected chi connectivity index (χ2v) is 6.40. The van der Waals surface area contributed by atoms with E-state index in [1.165, 1.54) is 6.07 Å². The van der Waals surface area contributed by atoms with E-state index in [0.717, 1.165) is 19.0 Å². The van der Waals surface area contributed by atoms with E-state index < -0.39 is 11.7 Å². The summed E-state index contributed by atoms with van der Waals surface area (Å²) in [4.78, 5) is 2.00. The third-order valence-corrected chi connectivity index (χ3v) is 4.42. The zero-order chi connectivity index (χ0) is 15.8. The van der Waals surface area contributed by atoms with Crippen LogP contribution < -0.4 is 10.2 Å². The quantitative estimate of drug-likeness (QED) is 0.872. The molecule has 118 valence electrons. The predicted molar refractivity (Wildman–Crippen MR) is 80.0 cm³/mol. The third kappa shape index (κ3) is 3.64. The van der Waals surface area contributed by atoms with Gasteiger partial charge >= 0.3 is 6.18 Å². The number of piperazine rings is 1. The Morgan fingerprint density at radius 2 is 2.05 bits per heavy atom. The fraction of sp³-hybridized carbons (Fsp3) is 0.600. The molecule has 2 nitrogen and oxygen atoms in total. The molecule has 1 aliphatic heterocycles. The van der Waals surface area contributed by atoms with Gasteiger partial charge in [0.05, 0.1) is 5.56 Å². The second-order valence-electron chi connectivity index (χ2n) is 5.97. The van der Waals surface area contributed by atoms with E-state index in [1.807, 2.05) is 11.8 Å². The van der Waals surface area contributed by atoms with Crippen molar-refractivity contribution >= 4 is 17.3 Å². The first kappa shape index (κ1) is 16.4. The van der Waals surface area contributed by atoms with Crippen molar-refractivity contribution in [1.29, 1.82) is 0 Å². The van der Waals surface area contributed by atoms with E-state index in [2.05, 4.69) is 19.2 Å². The summed E-state index contributed by atoms with van der Waals surface area (Å²) in [6.45, 7) is 7.54. The van der Waals surface area contributed by atoms with Crippen LogP contribution in [0.1, 0.15) is 32.8 Å². The Hall–Kier alpha value is -0.940. The number of hydrogen-bond donors (Lipinski definition) is 1. The maximum Gasteiger partial charge on any atom is 0.416 e. The summed E-state index contributed by atoms with van der Waals surface area (Å²) >= 11 is 5.89. The molecule has 2 rings (SSSR count). The first-order valence-electron chi connectivity index (χ1n) is 7.04. The van der Waals surface area contributed by atoms with Crippen LogP contribution in [0.5, 0.6) is 0 Å². The molecule has 6 heteroatoms. The average Bonchev–Trinajstić information content (AvgIpc) is 2.40. The zero-order valence-corrected chi connectivity index (χ0v) is 13.1. The van der Waals surface area contributed by atoms with Crippen molar-refractivity contribution in [3.63, 3.8) is 0 Å². The van der Waals surface area contributed by atoms with Crippen LogP contribution in [0, 0.1) is 0 Å². The molecule has 0 radical (unpaired) electrons. The maximum atomic E-state index is 12.9. The minimum Gasteiger partial charge on any atom is -0.366 e. The lowest BCUT2D eigenvalue weighted by Crippen LogP contribution is -2.62. The van der Waals surface area contributed by atoms with Crippen molar-refractivity contribution in [2.45, 2.75) is 44.9 Å². The number of rotatable bonds is 2. The fourth-order valence-electron chi connectivity index (χ4n) is 2.58. The van der Waals surface area contributed by atoms with Crippen LogP contribution >= 0.6 is 11.6 Å². The molecule has 0 aliphatic carbocycles. The summed E-state index contributed by atoms with van der Waals surface area (Å²) < 4.78 is 38.8. The molecule has 0 bridgehead atoms. The van der Waals surface area contributed by atoms with E-state index in [-0.39, 0.29) is 16.6 Å². The lowest BCUT2D eigenvalue weighted by Gasteiger charge is -2.46. The Balaban J connectivity index is 2.38. The highest BCUT2D eigenvalue weighted by atomic mass is 35.5. The van der Waals surface area contributed by atoms with Crippen molar-refractivity contribution in [3.05, 3.63) is 28.8 Å². The Bertz CT molecular complexity index is 518. The van der Waals surface area contributed by atoms with Crippen molar-refractivity contribution in [1.82, 2.24) is 5.32 Å². The second kappa shape index (κ2) is 5.69. The molecule has 1 N–H and O–H groups in total. The molecule has 0 spiro atoms. The normalized spacial score (nSPS) is 27.0. The summed E-state index contributed by atoms with van der Waals surface area (Å²) in [5.41, 5.74) is -0.273. The number of hydrogen-bond acceptors (Lipinski definition) is 2. The van der Waals surface area contributed by atoms with Crippen LogP contribution in [-0.2, 0) is 6.18 Å². The maximum absolute atomic E-state index is 12.9. The van der Waals surface area contributed by atoms with Crippen molar-refractivity contribution in [2.24, 2.45) is 0 Å². The Labute approximate surface area is 128 Å². The molecule has 1 aromatic rings. The molecule has 1 saturated heterocycles. The number of benzene rings is 1. The molecule has 1 fully saturated rings. The van der Waals surface area contributed by atoms with Gasteiger partial charge in [-0.15, -0.1) is 0 Å². The molecule has 0 aromatic heterocycles. The zero-order valence-electron chi connectivity index (χ0n) is 12.4. The van der Waals surface area contributed by atoms with Gasteiger partial charge in [0.2, 0.25) is 0 Å². The van der Waals surface area contributed by atoms with Gasteiger partial charge < -0.3 is 10.2 Å². The van der Waals surface area contributed by atoms with E-state index in [9.17, 15) is 13.2 Å². The molecule has 0 amide bonds. The Morgan fingerprint density at radius 3 is 2.62 bits per heavy atom. The van der Waals surface area contributed by atoms with Crippen LogP contribution in [0.15, 0.2) is 18.2 Å². The molecule has 1 heterocycles. The topological polar surface area (TPSA) is 15.3 Å². The van der Waals surface area contributed by atoms with Crippen molar-refractivity contribution < 1.29 is 13.2 Å². The summed E-state index contributed by atoms with van der Waals surface area (Å²) in [7, 11) is 0. The van der Waals surface area contributed by atoms with Crippen LogP contribution in [0.4, 0.5) is 18.9 Å². The van der Waals surface area contributed by atoms with Gasteiger partial charge in [0.1, 0.15) is 0 Å². The van der Waals surface area contributed by atoms with Crippen LogP contribution in [0.2, 0.25) is 5.02 Å². The van der Waals surface area contributed by atoms with Gasteiger partial charge in [0.25, 0.3) is 0 Å². The fourth-order valence-corrected chi connectivity index (χ4v) is 2.81. The standard InChI is InChI=1S/C15H20ClF3N2/c1-4-14(3)9-21(10(2)8-20-14)13-6-11(15(17,18)19)5-12(16)7-13/h5-7,10,20H,4,8-9H2,1-3H3. The first-order valence-corrected chi connectivity index (χ1v) is 7.42. The van der Waals surface area contributed by atoms with Gasteiger partial charge in [-0.1, -0.05) is 18.5 Å². The molecule has 1 aliphatic rings. The molecular weight excluding hydrogens is 301 g/mol. The molecule has 2 atom stereocenters. The summed E-state index contributed by atoms with van der Waals surface area (Å²) in [6, 6.07) is 3.87. The molecule has 2 unspecified atom stereocenters. The van der Waals surface area contributed by atoms with Crippen LogP contribution in [-0.4, -0.2) is 24.7 Å². The van der Waals surface area contributed by atoms with Gasteiger partial charge in [-0.3, -0.25) is 0 Å². The van der Waals surface area contributed by atoms with Gasteiger partial charge in [-0.2, -0.15) is 13.2 Å². The summed E-state index contributed by atoms with van der Waals surface area (Å²) in [6.07, 6.45) is -3.48. The highest BCUT2D eigenvalue weighted by Crippen LogP contribution is 2.35. The smallest absolute Gasteiger partial charge is 0.366 e. The number of anilines is 1. The average molecular weight is 321 g/mol. The summed E-state index contributed by atoms with van der Waals surface area (Å²) in [5.74, 6) is 0. The lowest BCUT2D eigenvalue weighted by atomic mass is 9.93. The highest BCUT2D eigenvalue weighted by molar-refractivity contribution is 6.31. The highest BCUT2D eigenvalue weighted by Gasteiger charge is 2.35. The van der Waals surface area contributed by atoms with E-state index in [4.69, 9.17) is 11.6 Å². The van der Waals surface area contributed by atoms with Gasteiger partial charge in [-0.25, -0.2) is 0 Å². The Kier molecular flexibility index (Phi) is 4.45.